The first-order valence-corrected chi connectivity index (χ1v) is 11.8. The second-order valence-corrected chi connectivity index (χ2v) is 9.47. The van der Waals surface area contributed by atoms with Crippen LogP contribution in [0.1, 0.15) is 45.1 Å². The summed E-state index contributed by atoms with van der Waals surface area (Å²) in [5, 5.41) is 0. The Kier molecular flexibility index (Phi) is 9.06. The highest BCUT2D eigenvalue weighted by atomic mass is 19.1. The number of nitrogens with zero attached hydrogens (tertiary/aromatic N) is 5. The molecule has 2 N–H and O–H groups in total. The first kappa shape index (κ1) is 26.4. The fourth-order valence-corrected chi connectivity index (χ4v) is 4.02. The van der Waals surface area contributed by atoms with Crippen molar-refractivity contribution >= 4 is 5.91 Å². The van der Waals surface area contributed by atoms with Gasteiger partial charge in [-0.05, 0) is 17.9 Å². The highest BCUT2D eigenvalue weighted by Crippen LogP contribution is 2.39. The van der Waals surface area contributed by atoms with Crippen LogP contribution in [0.2, 0.25) is 0 Å². The van der Waals surface area contributed by atoms with Gasteiger partial charge in [0.2, 0.25) is 5.91 Å². The Morgan fingerprint density at radius 3 is 2.54 bits per heavy atom. The number of nitrogens with two attached hydrogens (primary N) is 1. The molecule has 3 aromatic rings. The van der Waals surface area contributed by atoms with Crippen LogP contribution in [0, 0.1) is 5.41 Å². The lowest BCUT2D eigenvalue weighted by atomic mass is 9.84. The van der Waals surface area contributed by atoms with E-state index in [9.17, 15) is 9.18 Å². The number of hydrogen-bond acceptors (Lipinski definition) is 6. The molecule has 0 spiro atoms. The SMILES string of the molecule is CCOCC(=O)N(C[C@@H](F)CN)[C@@H](c1nc(-c2cnccn2)cn1Cc1ccccc1)C(C)(C)C. The van der Waals surface area contributed by atoms with Crippen LogP contribution in [0.5, 0.6) is 0 Å². The highest BCUT2D eigenvalue weighted by molar-refractivity contribution is 5.78. The molecule has 0 saturated heterocycles. The molecule has 8 nitrogen and oxygen atoms in total. The topological polar surface area (TPSA) is 99.2 Å². The number of ether oxygens (including phenoxy) is 1. The van der Waals surface area contributed by atoms with Gasteiger partial charge in [0, 0.05) is 38.3 Å². The summed E-state index contributed by atoms with van der Waals surface area (Å²) in [6, 6.07) is 9.43. The summed E-state index contributed by atoms with van der Waals surface area (Å²) in [6.07, 6.45) is 5.40. The first-order valence-electron chi connectivity index (χ1n) is 11.8. The molecular formula is C26H35FN6O2. The number of rotatable bonds is 11. The van der Waals surface area contributed by atoms with Crippen molar-refractivity contribution in [1.29, 1.82) is 0 Å². The number of halogens is 1. The Hall–Kier alpha value is -3.17. The maximum absolute atomic E-state index is 14.6. The van der Waals surface area contributed by atoms with Gasteiger partial charge in [0.1, 0.15) is 30.0 Å². The van der Waals surface area contributed by atoms with Crippen molar-refractivity contribution < 1.29 is 13.9 Å². The van der Waals surface area contributed by atoms with Gasteiger partial charge < -0.3 is 19.9 Å². The van der Waals surface area contributed by atoms with Crippen molar-refractivity contribution in [2.24, 2.45) is 11.1 Å². The van der Waals surface area contributed by atoms with Crippen LogP contribution in [-0.4, -0.2) is 62.8 Å². The lowest BCUT2D eigenvalue weighted by Crippen LogP contribution is -2.47. The summed E-state index contributed by atoms with van der Waals surface area (Å²) in [4.78, 5) is 28.3. The number of benzene rings is 1. The number of hydrogen-bond donors (Lipinski definition) is 1. The van der Waals surface area contributed by atoms with Crippen LogP contribution in [0.25, 0.3) is 11.4 Å². The van der Waals surface area contributed by atoms with E-state index >= 15 is 0 Å². The summed E-state index contributed by atoms with van der Waals surface area (Å²) in [6.45, 7) is 8.29. The molecule has 2 aromatic heterocycles. The summed E-state index contributed by atoms with van der Waals surface area (Å²) in [5.74, 6) is 0.328. The van der Waals surface area contributed by atoms with Gasteiger partial charge >= 0.3 is 0 Å². The standard InChI is InChI=1S/C26H35FN6O2/c1-5-35-18-23(34)33(16-20(27)13-28)24(26(2,3)4)25-31-22(21-14-29-11-12-30-21)17-32(25)15-19-9-7-6-8-10-19/h6-12,14,17,20,24H,5,13,15-16,18,28H2,1-4H3/t20-,24-/m0/s1. The molecule has 0 unspecified atom stereocenters. The molecule has 188 valence electrons. The number of carbonyl (C=O) groups excluding carboxylic acids is 1. The third-order valence-corrected chi connectivity index (χ3v) is 5.61. The molecule has 35 heavy (non-hydrogen) atoms. The number of amides is 1. The zero-order valence-corrected chi connectivity index (χ0v) is 20.9. The molecule has 1 amide bonds. The summed E-state index contributed by atoms with van der Waals surface area (Å²) < 4.78 is 22.0. The van der Waals surface area contributed by atoms with E-state index in [1.807, 2.05) is 68.8 Å². The highest BCUT2D eigenvalue weighted by Gasteiger charge is 2.39. The van der Waals surface area contributed by atoms with Gasteiger partial charge in [-0.2, -0.15) is 0 Å². The van der Waals surface area contributed by atoms with E-state index in [-0.39, 0.29) is 25.6 Å². The van der Waals surface area contributed by atoms with E-state index in [0.717, 1.165) is 5.56 Å². The van der Waals surface area contributed by atoms with Crippen LogP contribution >= 0.6 is 0 Å². The molecule has 2 heterocycles. The van der Waals surface area contributed by atoms with E-state index in [1.54, 1.807) is 18.6 Å². The average Bonchev–Trinajstić information content (AvgIpc) is 3.25. The fourth-order valence-electron chi connectivity index (χ4n) is 4.02. The van der Waals surface area contributed by atoms with E-state index in [4.69, 9.17) is 15.5 Å². The van der Waals surface area contributed by atoms with E-state index in [1.165, 1.54) is 4.90 Å². The van der Waals surface area contributed by atoms with Gasteiger partial charge in [-0.3, -0.25) is 14.8 Å². The van der Waals surface area contributed by atoms with Crippen LogP contribution in [-0.2, 0) is 16.1 Å². The van der Waals surface area contributed by atoms with Crippen LogP contribution in [0.4, 0.5) is 4.39 Å². The molecule has 3 rings (SSSR count). The Morgan fingerprint density at radius 2 is 1.94 bits per heavy atom. The van der Waals surface area contributed by atoms with Crippen LogP contribution < -0.4 is 5.73 Å². The molecule has 9 heteroatoms. The Morgan fingerprint density at radius 1 is 1.20 bits per heavy atom. The molecule has 0 radical (unpaired) electrons. The van der Waals surface area contributed by atoms with Crippen molar-refractivity contribution in [3.63, 3.8) is 0 Å². The summed E-state index contributed by atoms with van der Waals surface area (Å²) in [7, 11) is 0. The van der Waals surface area contributed by atoms with Crippen molar-refractivity contribution in [2.75, 3.05) is 26.3 Å². The van der Waals surface area contributed by atoms with E-state index < -0.39 is 17.6 Å². The lowest BCUT2D eigenvalue weighted by Gasteiger charge is -2.40. The second kappa shape index (κ2) is 12.0. The number of alkyl halides is 1. The quantitative estimate of drug-likeness (QED) is 0.448. The molecule has 0 aliphatic heterocycles. The molecule has 0 bridgehead atoms. The molecule has 0 fully saturated rings. The van der Waals surface area contributed by atoms with Gasteiger partial charge in [-0.25, -0.2) is 9.37 Å². The minimum atomic E-state index is -1.37. The largest absolute Gasteiger partial charge is 0.372 e. The summed E-state index contributed by atoms with van der Waals surface area (Å²) >= 11 is 0. The second-order valence-electron chi connectivity index (χ2n) is 9.47. The molecule has 1 aromatic carbocycles. The molecule has 0 saturated carbocycles. The monoisotopic (exact) mass is 482 g/mol. The predicted molar refractivity (Wildman–Crippen MR) is 133 cm³/mol. The van der Waals surface area contributed by atoms with Crippen molar-refractivity contribution in [3.05, 3.63) is 66.5 Å². The van der Waals surface area contributed by atoms with Crippen LogP contribution in [0.15, 0.2) is 55.1 Å². The lowest BCUT2D eigenvalue weighted by molar-refractivity contribution is -0.142. The van der Waals surface area contributed by atoms with Crippen molar-refractivity contribution in [3.8, 4) is 11.4 Å². The number of imidazole rings is 1. The third kappa shape index (κ3) is 6.93. The normalized spacial score (nSPS) is 13.4. The summed E-state index contributed by atoms with van der Waals surface area (Å²) in [5.41, 5.74) is 7.44. The van der Waals surface area contributed by atoms with Crippen LogP contribution in [0.3, 0.4) is 0 Å². The Labute approximate surface area is 206 Å². The smallest absolute Gasteiger partial charge is 0.249 e. The van der Waals surface area contributed by atoms with Gasteiger partial charge in [0.25, 0.3) is 0 Å². The Balaban J connectivity index is 2.15. The number of carbonyl (C=O) groups is 1. The van der Waals surface area contributed by atoms with Gasteiger partial charge in [-0.1, -0.05) is 51.1 Å². The maximum Gasteiger partial charge on any atom is 0.249 e. The molecule has 0 aliphatic rings. The minimum Gasteiger partial charge on any atom is -0.372 e. The third-order valence-electron chi connectivity index (χ3n) is 5.61. The van der Waals surface area contributed by atoms with E-state index in [0.29, 0.717) is 30.4 Å². The van der Waals surface area contributed by atoms with Gasteiger partial charge in [-0.15, -0.1) is 0 Å². The van der Waals surface area contributed by atoms with E-state index in [2.05, 4.69) is 9.97 Å². The fraction of sp³-hybridized carbons (Fsp3) is 0.462. The molecule has 2 atom stereocenters. The minimum absolute atomic E-state index is 0.142. The Bertz CT molecular complexity index is 1070. The zero-order chi connectivity index (χ0) is 25.4. The molecular weight excluding hydrogens is 447 g/mol. The molecule has 0 aliphatic carbocycles. The van der Waals surface area contributed by atoms with Gasteiger partial charge in [0.05, 0.1) is 18.8 Å². The van der Waals surface area contributed by atoms with Crippen molar-refractivity contribution in [1.82, 2.24) is 24.4 Å². The zero-order valence-electron chi connectivity index (χ0n) is 20.9. The predicted octanol–water partition coefficient (Wildman–Crippen LogP) is 3.64. The first-order chi connectivity index (χ1) is 16.7. The van der Waals surface area contributed by atoms with Crippen molar-refractivity contribution in [2.45, 2.75) is 46.5 Å². The average molecular weight is 483 g/mol. The van der Waals surface area contributed by atoms with Gasteiger partial charge in [0.15, 0.2) is 0 Å². The number of aromatic nitrogens is 4. The maximum atomic E-state index is 14.6.